The Kier molecular flexibility index (Phi) is 3.75. The Morgan fingerprint density at radius 2 is 2.19 bits per heavy atom. The van der Waals surface area contributed by atoms with Crippen molar-refractivity contribution in [3.8, 4) is 0 Å². The Morgan fingerprint density at radius 1 is 1.29 bits per heavy atom. The molecule has 0 fully saturated rings. The van der Waals surface area contributed by atoms with Gasteiger partial charge in [-0.25, -0.2) is 4.39 Å². The maximum atomic E-state index is 13.4. The molecule has 0 aliphatic heterocycles. The molecule has 104 valence electrons. The van der Waals surface area contributed by atoms with E-state index in [4.69, 9.17) is 0 Å². The average molecular weight is 298 g/mol. The molecular formula is C16H11FN2OS. The van der Waals surface area contributed by atoms with E-state index < -0.39 is 0 Å². The van der Waals surface area contributed by atoms with Gasteiger partial charge in [0, 0.05) is 28.2 Å². The molecule has 0 bridgehead atoms. The minimum atomic E-state index is -0.329. The number of nitrogens with one attached hydrogen (secondary N) is 1. The van der Waals surface area contributed by atoms with Gasteiger partial charge in [-0.15, -0.1) is 11.3 Å². The largest absolute Gasteiger partial charge is 0.322 e. The molecule has 0 atom stereocenters. The number of nitrogens with zero attached hydrogens (tertiary/aromatic N) is 1. The Hall–Kier alpha value is -2.53. The van der Waals surface area contributed by atoms with Gasteiger partial charge in [-0.3, -0.25) is 9.78 Å². The summed E-state index contributed by atoms with van der Waals surface area (Å²) in [6.45, 7) is 0. The lowest BCUT2D eigenvalue weighted by Gasteiger charge is -2.07. The molecular weight excluding hydrogens is 287 g/mol. The first-order valence-corrected chi connectivity index (χ1v) is 7.16. The summed E-state index contributed by atoms with van der Waals surface area (Å²) in [6, 6.07) is 9.95. The van der Waals surface area contributed by atoms with Crippen LogP contribution >= 0.6 is 11.3 Å². The first kappa shape index (κ1) is 13.5. The molecule has 0 saturated carbocycles. The zero-order valence-electron chi connectivity index (χ0n) is 10.9. The van der Waals surface area contributed by atoms with Crippen LogP contribution in [0.1, 0.15) is 4.88 Å². The quantitative estimate of drug-likeness (QED) is 0.740. The number of benzene rings is 2. The van der Waals surface area contributed by atoms with Crippen molar-refractivity contribution in [2.45, 2.75) is 0 Å². The second kappa shape index (κ2) is 5.85. The third-order valence-corrected chi connectivity index (χ3v) is 3.69. The van der Waals surface area contributed by atoms with Gasteiger partial charge >= 0.3 is 0 Å². The number of fused-ring (bicyclic) bond motifs is 1. The summed E-state index contributed by atoms with van der Waals surface area (Å²) in [6.07, 6.45) is 4.81. The first-order valence-electron chi connectivity index (χ1n) is 6.28. The van der Waals surface area contributed by atoms with Crippen LogP contribution in [0.5, 0.6) is 0 Å². The van der Waals surface area contributed by atoms with Crippen LogP contribution in [0.25, 0.3) is 16.8 Å². The van der Waals surface area contributed by atoms with Crippen LogP contribution in [-0.2, 0) is 4.79 Å². The highest BCUT2D eigenvalue weighted by atomic mass is 32.1. The molecule has 1 heterocycles. The highest BCUT2D eigenvalue weighted by Gasteiger charge is 2.04. The Balaban J connectivity index is 1.84. The van der Waals surface area contributed by atoms with Crippen LogP contribution in [0.15, 0.2) is 54.2 Å². The molecule has 0 spiro atoms. The summed E-state index contributed by atoms with van der Waals surface area (Å²) in [5.41, 5.74) is 2.29. The lowest BCUT2D eigenvalue weighted by molar-refractivity contribution is -0.111. The number of anilines is 1. The van der Waals surface area contributed by atoms with Crippen molar-refractivity contribution in [3.05, 3.63) is 64.9 Å². The van der Waals surface area contributed by atoms with E-state index in [1.807, 2.05) is 12.1 Å². The van der Waals surface area contributed by atoms with Crippen LogP contribution in [0.3, 0.4) is 0 Å². The van der Waals surface area contributed by atoms with Gasteiger partial charge < -0.3 is 5.32 Å². The number of hydrogen-bond acceptors (Lipinski definition) is 3. The van der Waals surface area contributed by atoms with Crippen LogP contribution < -0.4 is 5.32 Å². The average Bonchev–Trinajstić information content (AvgIpc) is 2.99. The van der Waals surface area contributed by atoms with Crippen molar-refractivity contribution in [3.63, 3.8) is 0 Å². The molecule has 2 aromatic carbocycles. The standard InChI is InChI=1S/C16H11FN2OS/c17-12-5-4-11-2-1-3-15(14(11)8-12)19-16(20)7-6-13-9-18-10-21-13/h1-10H,(H,19,20)/b7-6+. The van der Waals surface area contributed by atoms with E-state index in [2.05, 4.69) is 10.3 Å². The van der Waals surface area contributed by atoms with E-state index in [1.54, 1.807) is 29.9 Å². The van der Waals surface area contributed by atoms with Gasteiger partial charge in [0.05, 0.1) is 5.51 Å². The monoisotopic (exact) mass is 298 g/mol. The summed E-state index contributed by atoms with van der Waals surface area (Å²) >= 11 is 1.45. The number of thiazole rings is 1. The second-order valence-corrected chi connectivity index (χ2v) is 5.32. The van der Waals surface area contributed by atoms with Gasteiger partial charge in [-0.1, -0.05) is 18.2 Å². The Bertz CT molecular complexity index is 812. The zero-order valence-corrected chi connectivity index (χ0v) is 11.7. The van der Waals surface area contributed by atoms with Crippen molar-refractivity contribution >= 4 is 39.8 Å². The van der Waals surface area contributed by atoms with E-state index in [-0.39, 0.29) is 11.7 Å². The topological polar surface area (TPSA) is 42.0 Å². The molecule has 0 aliphatic rings. The third-order valence-electron chi connectivity index (χ3n) is 2.95. The molecule has 1 amide bonds. The maximum Gasteiger partial charge on any atom is 0.248 e. The fraction of sp³-hybridized carbons (Fsp3) is 0. The van der Waals surface area contributed by atoms with E-state index in [9.17, 15) is 9.18 Å². The molecule has 3 rings (SSSR count). The van der Waals surface area contributed by atoms with Crippen LogP contribution in [0.2, 0.25) is 0 Å². The van der Waals surface area contributed by atoms with Crippen molar-refractivity contribution in [1.82, 2.24) is 4.98 Å². The summed E-state index contributed by atoms with van der Waals surface area (Å²) in [5, 5.41) is 4.32. The van der Waals surface area contributed by atoms with Crippen LogP contribution in [0.4, 0.5) is 10.1 Å². The minimum Gasteiger partial charge on any atom is -0.322 e. The highest BCUT2D eigenvalue weighted by Crippen LogP contribution is 2.24. The fourth-order valence-corrected chi connectivity index (χ4v) is 2.51. The minimum absolute atomic E-state index is 0.264. The fourth-order valence-electron chi connectivity index (χ4n) is 1.99. The number of hydrogen-bond donors (Lipinski definition) is 1. The molecule has 0 radical (unpaired) electrons. The number of carbonyl (C=O) groups is 1. The van der Waals surface area contributed by atoms with Gasteiger partial charge in [-0.2, -0.15) is 0 Å². The summed E-state index contributed by atoms with van der Waals surface area (Å²) in [7, 11) is 0. The number of rotatable bonds is 3. The number of amides is 1. The summed E-state index contributed by atoms with van der Waals surface area (Å²) in [5.74, 6) is -0.593. The van der Waals surface area contributed by atoms with E-state index >= 15 is 0 Å². The number of aromatic nitrogens is 1. The normalized spacial score (nSPS) is 11.1. The van der Waals surface area contributed by atoms with Crippen molar-refractivity contribution in [2.24, 2.45) is 0 Å². The molecule has 3 aromatic rings. The van der Waals surface area contributed by atoms with Gasteiger partial charge in [0.2, 0.25) is 5.91 Å². The molecule has 5 heteroatoms. The smallest absolute Gasteiger partial charge is 0.248 e. The Labute approximate surface area is 124 Å². The van der Waals surface area contributed by atoms with Crippen LogP contribution in [0, 0.1) is 5.82 Å². The lowest BCUT2D eigenvalue weighted by atomic mass is 10.1. The summed E-state index contributed by atoms with van der Waals surface area (Å²) < 4.78 is 13.4. The molecule has 21 heavy (non-hydrogen) atoms. The van der Waals surface area contributed by atoms with Gasteiger partial charge in [-0.05, 0) is 29.7 Å². The molecule has 1 N–H and O–H groups in total. The third kappa shape index (κ3) is 3.14. The molecule has 0 saturated heterocycles. The van der Waals surface area contributed by atoms with Gasteiger partial charge in [0.15, 0.2) is 0 Å². The van der Waals surface area contributed by atoms with Gasteiger partial charge in [0.25, 0.3) is 0 Å². The molecule has 0 unspecified atom stereocenters. The van der Waals surface area contributed by atoms with Gasteiger partial charge in [0.1, 0.15) is 5.82 Å². The van der Waals surface area contributed by atoms with E-state index in [0.717, 1.165) is 10.3 Å². The maximum absolute atomic E-state index is 13.4. The predicted octanol–water partition coefficient (Wildman–Crippen LogP) is 4.09. The predicted molar refractivity (Wildman–Crippen MR) is 83.7 cm³/mol. The van der Waals surface area contributed by atoms with E-state index in [1.165, 1.54) is 29.5 Å². The molecule has 3 nitrogen and oxygen atoms in total. The Morgan fingerprint density at radius 3 is 3.00 bits per heavy atom. The number of halogens is 1. The molecule has 1 aromatic heterocycles. The van der Waals surface area contributed by atoms with E-state index in [0.29, 0.717) is 11.1 Å². The van der Waals surface area contributed by atoms with Crippen molar-refractivity contribution in [2.75, 3.05) is 5.32 Å². The van der Waals surface area contributed by atoms with Crippen molar-refractivity contribution in [1.29, 1.82) is 0 Å². The molecule has 0 aliphatic carbocycles. The zero-order chi connectivity index (χ0) is 14.7. The number of carbonyl (C=O) groups excluding carboxylic acids is 1. The van der Waals surface area contributed by atoms with Crippen molar-refractivity contribution < 1.29 is 9.18 Å². The van der Waals surface area contributed by atoms with Crippen LogP contribution in [-0.4, -0.2) is 10.9 Å². The SMILES string of the molecule is O=C(/C=C/c1cncs1)Nc1cccc2ccc(F)cc12. The second-order valence-electron chi connectivity index (χ2n) is 4.40. The first-order chi connectivity index (χ1) is 10.2. The lowest BCUT2D eigenvalue weighted by Crippen LogP contribution is -2.08. The summed E-state index contributed by atoms with van der Waals surface area (Å²) in [4.78, 5) is 16.8. The highest BCUT2D eigenvalue weighted by molar-refractivity contribution is 7.10.